The molecule has 4 heteroatoms. The van der Waals surface area contributed by atoms with Crippen molar-refractivity contribution in [2.24, 2.45) is 0 Å². The zero-order valence-electron chi connectivity index (χ0n) is 18.0. The summed E-state index contributed by atoms with van der Waals surface area (Å²) in [4.78, 5) is 0. The van der Waals surface area contributed by atoms with E-state index in [2.05, 4.69) is 12.2 Å². The minimum atomic E-state index is -0.919. The topological polar surface area (TPSA) is 18.5 Å². The normalized spacial score (nSPS) is 19.3. The monoisotopic (exact) mass is 414 g/mol. The maximum Gasteiger partial charge on any atom is 0.201 e. The molecule has 0 aromatic heterocycles. The summed E-state index contributed by atoms with van der Waals surface area (Å²) in [5.41, 5.74) is 2.10. The molecule has 3 rings (SSSR count). The van der Waals surface area contributed by atoms with Gasteiger partial charge in [0.25, 0.3) is 0 Å². The molecule has 0 amide bonds. The zero-order chi connectivity index (χ0) is 21.3. The first-order chi connectivity index (χ1) is 14.6. The van der Waals surface area contributed by atoms with E-state index in [0.29, 0.717) is 30.8 Å². The molecule has 30 heavy (non-hydrogen) atoms. The Bertz CT molecular complexity index is 822. The van der Waals surface area contributed by atoms with Gasteiger partial charge >= 0.3 is 0 Å². The highest BCUT2D eigenvalue weighted by Gasteiger charge is 2.23. The Kier molecular flexibility index (Phi) is 8.44. The molecule has 0 radical (unpaired) electrons. The van der Waals surface area contributed by atoms with Crippen LogP contribution in [0.5, 0.6) is 5.75 Å². The third kappa shape index (κ3) is 5.69. The first-order valence-electron chi connectivity index (χ1n) is 11.1. The number of halogens is 2. The van der Waals surface area contributed by atoms with E-state index in [1.54, 1.807) is 6.07 Å². The first kappa shape index (κ1) is 22.5. The van der Waals surface area contributed by atoms with Crippen LogP contribution >= 0.6 is 0 Å². The Morgan fingerprint density at radius 3 is 2.53 bits per heavy atom. The molecule has 0 aliphatic carbocycles. The second-order valence-electron chi connectivity index (χ2n) is 7.94. The summed E-state index contributed by atoms with van der Waals surface area (Å²) < 4.78 is 40.4. The van der Waals surface area contributed by atoms with Gasteiger partial charge in [-0.05, 0) is 62.3 Å². The second-order valence-corrected chi connectivity index (χ2v) is 7.94. The van der Waals surface area contributed by atoms with Gasteiger partial charge in [0.2, 0.25) is 5.82 Å². The third-order valence-corrected chi connectivity index (χ3v) is 5.76. The van der Waals surface area contributed by atoms with Crippen molar-refractivity contribution in [1.82, 2.24) is 0 Å². The van der Waals surface area contributed by atoms with Crippen LogP contribution in [0.25, 0.3) is 11.1 Å². The molecule has 1 aliphatic rings. The lowest BCUT2D eigenvalue weighted by molar-refractivity contribution is -0.000184. The molecule has 0 bridgehead atoms. The SMILES string of the molecule is C/C=C/CCC1CCC(c2ccc(-c3ccc(OCCCC)c(F)c3F)cc2)CO1. The van der Waals surface area contributed by atoms with Crippen molar-refractivity contribution in [3.8, 4) is 16.9 Å². The molecule has 1 aliphatic heterocycles. The minimum absolute atomic E-state index is 0.0235. The number of hydrogen-bond donors (Lipinski definition) is 0. The van der Waals surface area contributed by atoms with Gasteiger partial charge in [-0.1, -0.05) is 49.8 Å². The van der Waals surface area contributed by atoms with E-state index in [1.807, 2.05) is 38.1 Å². The highest BCUT2D eigenvalue weighted by Crippen LogP contribution is 2.33. The van der Waals surface area contributed by atoms with Gasteiger partial charge in [0.1, 0.15) is 0 Å². The van der Waals surface area contributed by atoms with Crippen LogP contribution in [-0.2, 0) is 4.74 Å². The zero-order valence-corrected chi connectivity index (χ0v) is 18.0. The van der Waals surface area contributed by atoms with Crippen LogP contribution in [-0.4, -0.2) is 19.3 Å². The van der Waals surface area contributed by atoms with Gasteiger partial charge in [0.15, 0.2) is 11.6 Å². The Morgan fingerprint density at radius 2 is 1.87 bits per heavy atom. The lowest BCUT2D eigenvalue weighted by Crippen LogP contribution is -2.24. The molecular formula is C26H32F2O2. The average molecular weight is 415 g/mol. The van der Waals surface area contributed by atoms with Crippen LogP contribution in [0.15, 0.2) is 48.6 Å². The minimum Gasteiger partial charge on any atom is -0.490 e. The molecule has 0 saturated carbocycles. The number of hydrogen-bond acceptors (Lipinski definition) is 2. The summed E-state index contributed by atoms with van der Waals surface area (Å²) in [5, 5.41) is 0. The van der Waals surface area contributed by atoms with E-state index < -0.39 is 11.6 Å². The molecule has 2 nitrogen and oxygen atoms in total. The van der Waals surface area contributed by atoms with Crippen LogP contribution in [0.3, 0.4) is 0 Å². The fraction of sp³-hybridized carbons (Fsp3) is 0.462. The fourth-order valence-electron chi connectivity index (χ4n) is 3.87. The van der Waals surface area contributed by atoms with Gasteiger partial charge in [-0.25, -0.2) is 4.39 Å². The van der Waals surface area contributed by atoms with Gasteiger partial charge in [-0.3, -0.25) is 0 Å². The van der Waals surface area contributed by atoms with Gasteiger partial charge in [-0.15, -0.1) is 0 Å². The molecule has 2 atom stereocenters. The van der Waals surface area contributed by atoms with E-state index in [0.717, 1.165) is 38.5 Å². The predicted octanol–water partition coefficient (Wildman–Crippen LogP) is 7.43. The van der Waals surface area contributed by atoms with Crippen molar-refractivity contribution < 1.29 is 18.3 Å². The van der Waals surface area contributed by atoms with Crippen LogP contribution < -0.4 is 4.74 Å². The summed E-state index contributed by atoms with van der Waals surface area (Å²) in [6.45, 7) is 5.17. The van der Waals surface area contributed by atoms with Crippen molar-refractivity contribution in [1.29, 1.82) is 0 Å². The Labute approximate surface area is 178 Å². The predicted molar refractivity (Wildman–Crippen MR) is 118 cm³/mol. The lowest BCUT2D eigenvalue weighted by Gasteiger charge is -2.29. The summed E-state index contributed by atoms with van der Waals surface area (Å²) in [7, 11) is 0. The standard InChI is InChI=1S/C26H32F2O2/c1-3-5-7-8-22-14-13-21(18-30-22)19-9-11-20(12-10-19)23-15-16-24(26(28)25(23)27)29-17-6-4-2/h3,5,9-12,15-16,21-22H,4,6-8,13-14,17-18H2,1-2H3/b5-3+. The summed E-state index contributed by atoms with van der Waals surface area (Å²) in [5.74, 6) is -1.45. The lowest BCUT2D eigenvalue weighted by atomic mass is 9.89. The molecule has 1 fully saturated rings. The van der Waals surface area contributed by atoms with Crippen molar-refractivity contribution in [3.05, 3.63) is 65.7 Å². The van der Waals surface area contributed by atoms with Gasteiger partial charge in [0.05, 0.1) is 19.3 Å². The number of benzene rings is 2. The van der Waals surface area contributed by atoms with E-state index in [4.69, 9.17) is 9.47 Å². The van der Waals surface area contributed by atoms with E-state index in [1.165, 1.54) is 11.6 Å². The van der Waals surface area contributed by atoms with Crippen LogP contribution in [0.2, 0.25) is 0 Å². The van der Waals surface area contributed by atoms with E-state index in [9.17, 15) is 8.78 Å². The molecular weight excluding hydrogens is 382 g/mol. The summed E-state index contributed by atoms with van der Waals surface area (Å²) in [6.07, 6.45) is 10.6. The van der Waals surface area contributed by atoms with E-state index >= 15 is 0 Å². The quantitative estimate of drug-likeness (QED) is 0.314. The smallest absolute Gasteiger partial charge is 0.201 e. The molecule has 1 saturated heterocycles. The Morgan fingerprint density at radius 1 is 1.07 bits per heavy atom. The van der Waals surface area contributed by atoms with Crippen LogP contribution in [0, 0.1) is 11.6 Å². The molecule has 2 aromatic rings. The van der Waals surface area contributed by atoms with Crippen molar-refractivity contribution in [2.75, 3.05) is 13.2 Å². The Hall–Kier alpha value is -2.20. The average Bonchev–Trinajstić information content (AvgIpc) is 2.78. The molecule has 1 heterocycles. The van der Waals surface area contributed by atoms with Gasteiger partial charge in [-0.2, -0.15) is 4.39 Å². The highest BCUT2D eigenvalue weighted by atomic mass is 19.2. The number of allylic oxidation sites excluding steroid dienone is 2. The molecule has 2 aromatic carbocycles. The Balaban J connectivity index is 1.63. The van der Waals surface area contributed by atoms with Gasteiger partial charge in [0, 0.05) is 11.5 Å². The largest absolute Gasteiger partial charge is 0.490 e. The summed E-state index contributed by atoms with van der Waals surface area (Å²) >= 11 is 0. The molecule has 0 spiro atoms. The van der Waals surface area contributed by atoms with Crippen molar-refractivity contribution in [2.45, 2.75) is 64.4 Å². The number of ether oxygens (including phenoxy) is 2. The highest BCUT2D eigenvalue weighted by molar-refractivity contribution is 5.65. The second kappa shape index (κ2) is 11.3. The maximum atomic E-state index is 14.6. The summed E-state index contributed by atoms with van der Waals surface area (Å²) in [6, 6.07) is 10.8. The first-order valence-corrected chi connectivity index (χ1v) is 11.1. The number of rotatable bonds is 9. The third-order valence-electron chi connectivity index (χ3n) is 5.76. The molecule has 2 unspecified atom stereocenters. The molecule has 162 valence electrons. The fourth-order valence-corrected chi connectivity index (χ4v) is 3.87. The van der Waals surface area contributed by atoms with Crippen molar-refractivity contribution in [3.63, 3.8) is 0 Å². The van der Waals surface area contributed by atoms with Crippen LogP contribution in [0.1, 0.15) is 63.9 Å². The molecule has 0 N–H and O–H groups in total. The van der Waals surface area contributed by atoms with Crippen molar-refractivity contribution >= 4 is 0 Å². The van der Waals surface area contributed by atoms with Gasteiger partial charge < -0.3 is 9.47 Å². The van der Waals surface area contributed by atoms with E-state index in [-0.39, 0.29) is 11.3 Å². The maximum absolute atomic E-state index is 14.6. The number of unbranched alkanes of at least 4 members (excludes halogenated alkanes) is 1. The van der Waals surface area contributed by atoms with Crippen LogP contribution in [0.4, 0.5) is 8.78 Å².